The molecule has 34 heavy (non-hydrogen) atoms. The van der Waals surface area contributed by atoms with Gasteiger partial charge in [0, 0.05) is 54.4 Å². The monoisotopic (exact) mass is 611 g/mol. The molecular weight excluding hydrogens is 586 g/mol. The highest BCUT2D eigenvalue weighted by Crippen LogP contribution is 2.34. The van der Waals surface area contributed by atoms with Crippen LogP contribution in [-0.4, -0.2) is 50.0 Å². The Morgan fingerprint density at radius 1 is 1.15 bits per heavy atom. The van der Waals surface area contributed by atoms with Gasteiger partial charge in [-0.1, -0.05) is 41.4 Å². The number of nitrogens with one attached hydrogen (secondary N) is 1. The van der Waals surface area contributed by atoms with E-state index >= 15 is 0 Å². The minimum absolute atomic E-state index is 0.208. The topological polar surface area (TPSA) is 61.9 Å². The fourth-order valence-electron chi connectivity index (χ4n) is 3.79. The summed E-state index contributed by atoms with van der Waals surface area (Å²) in [6, 6.07) is 9.23. The lowest BCUT2D eigenvalue weighted by atomic mass is 10.1. The Labute approximate surface area is 222 Å². The summed E-state index contributed by atoms with van der Waals surface area (Å²) in [5.41, 5.74) is 2.27. The largest absolute Gasteiger partial charge is 0.495 e. The predicted octanol–water partition coefficient (Wildman–Crippen LogP) is 6.22. The number of amides is 2. The van der Waals surface area contributed by atoms with Gasteiger partial charge in [0.2, 0.25) is 11.8 Å². The zero-order chi connectivity index (χ0) is 24.8. The molecule has 1 saturated heterocycles. The number of methoxy groups -OCH3 is 1. The first kappa shape index (κ1) is 26.6. The summed E-state index contributed by atoms with van der Waals surface area (Å²) >= 11 is 13.4. The molecule has 0 aromatic heterocycles. The van der Waals surface area contributed by atoms with Crippen LogP contribution in [0.5, 0.6) is 5.75 Å². The number of halogens is 3. The van der Waals surface area contributed by atoms with Crippen LogP contribution >= 0.6 is 43.5 Å². The highest BCUT2D eigenvalue weighted by Gasteiger charge is 2.23. The average molecular weight is 614 g/mol. The first-order valence-corrected chi connectivity index (χ1v) is 13.0. The van der Waals surface area contributed by atoms with E-state index < -0.39 is 0 Å². The van der Waals surface area contributed by atoms with Crippen molar-refractivity contribution in [1.82, 2.24) is 4.90 Å². The number of ether oxygens (including phenoxy) is 1. The standard InChI is InChI=1S/C25H28Br2ClN3O3/c1-16(2)12-24(33)31-10-8-30(9-11-31)22-6-5-19(15-21(22)28)29-23(32)7-4-17-13-18(26)14-20(27)25(17)34-3/h4-7,13-16H,8-12H2,1-3H3,(H,29,32)/b7-4+. The van der Waals surface area contributed by atoms with Gasteiger partial charge >= 0.3 is 0 Å². The van der Waals surface area contributed by atoms with Gasteiger partial charge in [-0.15, -0.1) is 0 Å². The van der Waals surface area contributed by atoms with Crippen LogP contribution in [0.3, 0.4) is 0 Å². The van der Waals surface area contributed by atoms with Crippen LogP contribution in [0.1, 0.15) is 25.8 Å². The molecule has 6 nitrogen and oxygen atoms in total. The molecule has 1 heterocycles. The molecular formula is C25H28Br2ClN3O3. The number of carbonyl (C=O) groups excluding carboxylic acids is 2. The summed E-state index contributed by atoms with van der Waals surface area (Å²) in [6.07, 6.45) is 3.72. The second-order valence-electron chi connectivity index (χ2n) is 8.46. The molecule has 1 aliphatic rings. The Balaban J connectivity index is 1.61. The third-order valence-electron chi connectivity index (χ3n) is 5.43. The summed E-state index contributed by atoms with van der Waals surface area (Å²) in [5.74, 6) is 0.931. The van der Waals surface area contributed by atoms with Crippen LogP contribution in [-0.2, 0) is 9.59 Å². The molecule has 0 saturated carbocycles. The van der Waals surface area contributed by atoms with Crippen molar-refractivity contribution in [2.24, 2.45) is 5.92 Å². The highest BCUT2D eigenvalue weighted by atomic mass is 79.9. The van der Waals surface area contributed by atoms with Crippen LogP contribution in [0.15, 0.2) is 45.4 Å². The van der Waals surface area contributed by atoms with E-state index in [0.717, 1.165) is 33.3 Å². The summed E-state index contributed by atoms with van der Waals surface area (Å²) in [6.45, 7) is 6.92. The zero-order valence-corrected chi connectivity index (χ0v) is 23.3. The van der Waals surface area contributed by atoms with Crippen LogP contribution < -0.4 is 15.0 Å². The molecule has 0 radical (unpaired) electrons. The third kappa shape index (κ3) is 6.99. The number of hydrogen-bond donors (Lipinski definition) is 1. The molecule has 1 N–H and O–H groups in total. The number of nitrogens with zero attached hydrogens (tertiary/aromatic N) is 2. The molecule has 0 bridgehead atoms. The van der Waals surface area contributed by atoms with Gasteiger partial charge in [0.1, 0.15) is 5.75 Å². The van der Waals surface area contributed by atoms with E-state index in [-0.39, 0.29) is 11.8 Å². The van der Waals surface area contributed by atoms with Crippen molar-refractivity contribution in [3.8, 4) is 5.75 Å². The average Bonchev–Trinajstić information content (AvgIpc) is 2.77. The summed E-state index contributed by atoms with van der Waals surface area (Å²) < 4.78 is 7.07. The number of anilines is 2. The van der Waals surface area contributed by atoms with Crippen molar-refractivity contribution >= 4 is 72.7 Å². The van der Waals surface area contributed by atoms with Crippen molar-refractivity contribution < 1.29 is 14.3 Å². The van der Waals surface area contributed by atoms with E-state index in [1.54, 1.807) is 19.3 Å². The van der Waals surface area contributed by atoms with Crippen molar-refractivity contribution in [3.05, 3.63) is 55.9 Å². The first-order chi connectivity index (χ1) is 16.2. The molecule has 1 aliphatic heterocycles. The van der Waals surface area contributed by atoms with Crippen LogP contribution in [0.2, 0.25) is 5.02 Å². The minimum atomic E-state index is -0.278. The maximum atomic E-state index is 12.5. The minimum Gasteiger partial charge on any atom is -0.495 e. The van der Waals surface area contributed by atoms with Crippen LogP contribution in [0, 0.1) is 5.92 Å². The maximum Gasteiger partial charge on any atom is 0.248 e. The van der Waals surface area contributed by atoms with E-state index in [9.17, 15) is 9.59 Å². The molecule has 0 unspecified atom stereocenters. The highest BCUT2D eigenvalue weighted by molar-refractivity contribution is 9.11. The Hall–Kier alpha value is -2.03. The van der Waals surface area contributed by atoms with Crippen LogP contribution in [0.4, 0.5) is 11.4 Å². The molecule has 182 valence electrons. The number of carbonyl (C=O) groups is 2. The normalized spacial score (nSPS) is 14.1. The Morgan fingerprint density at radius 3 is 2.47 bits per heavy atom. The summed E-state index contributed by atoms with van der Waals surface area (Å²) in [4.78, 5) is 28.9. The summed E-state index contributed by atoms with van der Waals surface area (Å²) in [5, 5.41) is 3.40. The molecule has 1 fully saturated rings. The number of rotatable bonds is 7. The summed E-state index contributed by atoms with van der Waals surface area (Å²) in [7, 11) is 1.58. The Morgan fingerprint density at radius 2 is 1.85 bits per heavy atom. The van der Waals surface area contributed by atoms with Gasteiger partial charge in [0.25, 0.3) is 0 Å². The van der Waals surface area contributed by atoms with Gasteiger partial charge in [-0.2, -0.15) is 0 Å². The Bertz CT molecular complexity index is 1080. The molecule has 0 aliphatic carbocycles. The van der Waals surface area contributed by atoms with Gasteiger partial charge in [0.05, 0.1) is 22.3 Å². The van der Waals surface area contributed by atoms with Crippen molar-refractivity contribution in [2.45, 2.75) is 20.3 Å². The lowest BCUT2D eigenvalue weighted by Crippen LogP contribution is -2.49. The van der Waals surface area contributed by atoms with Crippen LogP contribution in [0.25, 0.3) is 6.08 Å². The van der Waals surface area contributed by atoms with E-state index in [2.05, 4.69) is 55.9 Å². The fourth-order valence-corrected chi connectivity index (χ4v) is 5.51. The van der Waals surface area contributed by atoms with E-state index in [1.165, 1.54) is 6.08 Å². The van der Waals surface area contributed by atoms with Gasteiger partial charge < -0.3 is 19.9 Å². The first-order valence-electron chi connectivity index (χ1n) is 11.0. The van der Waals surface area contributed by atoms with E-state index in [0.29, 0.717) is 41.9 Å². The molecule has 0 spiro atoms. The molecule has 2 aromatic rings. The van der Waals surface area contributed by atoms with E-state index in [4.69, 9.17) is 16.3 Å². The molecule has 2 amide bonds. The van der Waals surface area contributed by atoms with Gasteiger partial charge in [-0.25, -0.2) is 0 Å². The van der Waals surface area contributed by atoms with Gasteiger partial charge in [0.15, 0.2) is 0 Å². The lowest BCUT2D eigenvalue weighted by Gasteiger charge is -2.36. The van der Waals surface area contributed by atoms with Crippen molar-refractivity contribution in [1.29, 1.82) is 0 Å². The Kier molecular flexibility index (Phi) is 9.45. The second-order valence-corrected chi connectivity index (χ2v) is 10.6. The number of benzene rings is 2. The number of hydrogen-bond acceptors (Lipinski definition) is 4. The van der Waals surface area contributed by atoms with Crippen molar-refractivity contribution in [2.75, 3.05) is 43.5 Å². The third-order valence-corrected chi connectivity index (χ3v) is 6.78. The SMILES string of the molecule is COc1c(Br)cc(Br)cc1/C=C/C(=O)Nc1ccc(N2CCN(C(=O)CC(C)C)CC2)c(Cl)c1. The van der Waals surface area contributed by atoms with Gasteiger partial charge in [-0.3, -0.25) is 9.59 Å². The molecule has 0 atom stereocenters. The predicted molar refractivity (Wildman–Crippen MR) is 146 cm³/mol. The maximum absolute atomic E-state index is 12.5. The quantitative estimate of drug-likeness (QED) is 0.377. The molecule has 2 aromatic carbocycles. The second kappa shape index (κ2) is 12.1. The van der Waals surface area contributed by atoms with E-state index in [1.807, 2.05) is 29.2 Å². The smallest absolute Gasteiger partial charge is 0.248 e. The lowest BCUT2D eigenvalue weighted by molar-refractivity contribution is -0.132. The fraction of sp³-hybridized carbons (Fsp3) is 0.360. The van der Waals surface area contributed by atoms with Gasteiger partial charge in [-0.05, 0) is 58.3 Å². The molecule has 3 rings (SSSR count). The van der Waals surface area contributed by atoms with Crippen molar-refractivity contribution in [3.63, 3.8) is 0 Å². The molecule has 9 heteroatoms. The zero-order valence-electron chi connectivity index (χ0n) is 19.4. The number of piperazine rings is 1.